The van der Waals surface area contributed by atoms with E-state index in [-0.39, 0.29) is 21.4 Å². The first-order valence-electron chi connectivity index (χ1n) is 9.04. The molecule has 0 fully saturated rings. The molecule has 152 valence electrons. The zero-order valence-electron chi connectivity index (χ0n) is 16.1. The summed E-state index contributed by atoms with van der Waals surface area (Å²) in [6.07, 6.45) is 0. The van der Waals surface area contributed by atoms with Crippen LogP contribution in [0.5, 0.6) is 0 Å². The summed E-state index contributed by atoms with van der Waals surface area (Å²) in [5, 5.41) is 11.0. The van der Waals surface area contributed by atoms with Crippen molar-refractivity contribution < 1.29 is 0 Å². The Balaban J connectivity index is 1.69. The Morgan fingerprint density at radius 2 is 1.63 bits per heavy atom. The lowest BCUT2D eigenvalue weighted by molar-refractivity contribution is 0.630. The monoisotopic (exact) mass is 422 g/mol. The number of para-hydroxylation sites is 1. The maximum Gasteiger partial charge on any atom is 0.295 e. The number of nitrogens with one attached hydrogen (secondary N) is 4. The van der Waals surface area contributed by atoms with Gasteiger partial charge in [-0.3, -0.25) is 29.3 Å². The number of aromatic amines is 2. The smallest absolute Gasteiger partial charge is 0.295 e. The van der Waals surface area contributed by atoms with Crippen LogP contribution in [-0.2, 0) is 7.05 Å². The molecule has 4 aromatic rings. The average Bonchev–Trinajstić information content (AvgIpc) is 2.94. The summed E-state index contributed by atoms with van der Waals surface area (Å²) in [6.45, 7) is 1.80. The molecule has 0 saturated heterocycles. The van der Waals surface area contributed by atoms with Gasteiger partial charge in [-0.05, 0) is 43.4 Å². The molecule has 0 unspecified atom stereocenters. The van der Waals surface area contributed by atoms with Crippen LogP contribution in [0, 0.1) is 6.92 Å². The number of thiocarbonyl (C=S) groups is 1. The van der Waals surface area contributed by atoms with Gasteiger partial charge in [-0.15, -0.1) is 0 Å². The summed E-state index contributed by atoms with van der Waals surface area (Å²) >= 11 is 5.37. The summed E-state index contributed by atoms with van der Waals surface area (Å²) in [4.78, 5) is 37.2. The molecule has 0 spiro atoms. The van der Waals surface area contributed by atoms with Crippen molar-refractivity contribution >= 4 is 39.5 Å². The third-order valence-electron chi connectivity index (χ3n) is 4.87. The second-order valence-corrected chi connectivity index (χ2v) is 7.06. The number of hydrogen-bond acceptors (Lipinski definition) is 4. The number of hydrogen-bond donors (Lipinski definition) is 4. The highest BCUT2D eigenvalue weighted by Gasteiger charge is 2.17. The van der Waals surface area contributed by atoms with E-state index >= 15 is 0 Å². The van der Waals surface area contributed by atoms with Gasteiger partial charge in [0.25, 0.3) is 16.7 Å². The minimum Gasteiger partial charge on any atom is -0.332 e. The highest BCUT2D eigenvalue weighted by molar-refractivity contribution is 7.80. The summed E-state index contributed by atoms with van der Waals surface area (Å²) in [5.41, 5.74) is 0.924. The minimum absolute atomic E-state index is 0.119. The van der Waals surface area contributed by atoms with Crippen LogP contribution in [0.4, 0.5) is 11.4 Å². The number of nitrogens with zero attached hydrogens (tertiary/aromatic N) is 2. The van der Waals surface area contributed by atoms with E-state index in [2.05, 4.69) is 20.8 Å². The fourth-order valence-electron chi connectivity index (χ4n) is 3.31. The largest absolute Gasteiger partial charge is 0.332 e. The molecule has 0 aliphatic carbocycles. The molecular weight excluding hydrogens is 404 g/mol. The second kappa shape index (κ2) is 7.48. The van der Waals surface area contributed by atoms with Crippen molar-refractivity contribution in [2.24, 2.45) is 7.05 Å². The van der Waals surface area contributed by atoms with Crippen LogP contribution in [0.3, 0.4) is 0 Å². The molecule has 0 atom stereocenters. The van der Waals surface area contributed by atoms with Crippen LogP contribution in [0.25, 0.3) is 16.5 Å². The van der Waals surface area contributed by atoms with E-state index in [1.807, 2.05) is 30.3 Å². The van der Waals surface area contributed by atoms with E-state index in [0.29, 0.717) is 17.1 Å². The second-order valence-electron chi connectivity index (χ2n) is 6.65. The molecule has 0 saturated carbocycles. The van der Waals surface area contributed by atoms with E-state index in [9.17, 15) is 14.4 Å². The minimum atomic E-state index is -0.460. The van der Waals surface area contributed by atoms with Gasteiger partial charge in [0.1, 0.15) is 5.69 Å². The fraction of sp³-hybridized carbons (Fsp3) is 0.100. The molecule has 9 nitrogen and oxygen atoms in total. The van der Waals surface area contributed by atoms with Crippen LogP contribution in [0.1, 0.15) is 5.69 Å². The van der Waals surface area contributed by atoms with Gasteiger partial charge in [0.15, 0.2) is 5.11 Å². The molecule has 30 heavy (non-hydrogen) atoms. The van der Waals surface area contributed by atoms with E-state index < -0.39 is 11.1 Å². The van der Waals surface area contributed by atoms with Crippen molar-refractivity contribution in [2.45, 2.75) is 6.92 Å². The maximum absolute atomic E-state index is 13.0. The number of H-pyrrole nitrogens is 2. The summed E-state index contributed by atoms with van der Waals surface area (Å²) in [6, 6.07) is 14.1. The molecule has 2 aromatic carbocycles. The van der Waals surface area contributed by atoms with Crippen LogP contribution in [0.15, 0.2) is 62.9 Å². The van der Waals surface area contributed by atoms with Gasteiger partial charge < -0.3 is 10.6 Å². The Hall–Kier alpha value is -3.92. The number of rotatable bonds is 3. The highest BCUT2D eigenvalue weighted by Crippen LogP contribution is 2.18. The van der Waals surface area contributed by atoms with Gasteiger partial charge >= 0.3 is 0 Å². The van der Waals surface area contributed by atoms with Crippen LogP contribution < -0.4 is 27.3 Å². The number of aromatic nitrogens is 4. The Kier molecular flexibility index (Phi) is 4.84. The predicted molar refractivity (Wildman–Crippen MR) is 121 cm³/mol. The van der Waals surface area contributed by atoms with Gasteiger partial charge in [-0.1, -0.05) is 24.3 Å². The first kappa shape index (κ1) is 19.4. The molecule has 0 amide bonds. The first-order chi connectivity index (χ1) is 14.4. The van der Waals surface area contributed by atoms with Crippen molar-refractivity contribution in [2.75, 3.05) is 10.6 Å². The van der Waals surface area contributed by atoms with Gasteiger partial charge in [0.2, 0.25) is 0 Å². The van der Waals surface area contributed by atoms with Gasteiger partial charge in [-0.25, -0.2) is 4.68 Å². The number of anilines is 2. The molecule has 10 heteroatoms. The van der Waals surface area contributed by atoms with Gasteiger partial charge in [0.05, 0.1) is 27.8 Å². The van der Waals surface area contributed by atoms with E-state index in [1.54, 1.807) is 36.9 Å². The standard InChI is InChI=1S/C20H18N6O3S/c1-11-16(19(29)26(25(11)2)12-7-4-3-5-8-12)22-20(30)21-14-10-6-9-13-15(14)18(28)24-23-17(13)27/h3-10H,1-2H3,(H,23,27)(H,24,28)(H2,21,22,30). The first-order valence-corrected chi connectivity index (χ1v) is 9.45. The van der Waals surface area contributed by atoms with Crippen molar-refractivity contribution in [3.8, 4) is 5.69 Å². The van der Waals surface area contributed by atoms with Crippen molar-refractivity contribution in [3.05, 3.63) is 85.3 Å². The SMILES string of the molecule is Cc1c(NC(=S)Nc2cccc3c(=O)[nH][nH]c(=O)c23)c(=O)n(-c2ccccc2)n1C. The summed E-state index contributed by atoms with van der Waals surface area (Å²) in [7, 11) is 1.78. The highest BCUT2D eigenvalue weighted by atomic mass is 32.1. The van der Waals surface area contributed by atoms with Gasteiger partial charge in [-0.2, -0.15) is 0 Å². The quantitative estimate of drug-likeness (QED) is 0.374. The van der Waals surface area contributed by atoms with E-state index in [0.717, 1.165) is 5.69 Å². The Morgan fingerprint density at radius 1 is 0.933 bits per heavy atom. The molecule has 0 radical (unpaired) electrons. The third kappa shape index (κ3) is 3.22. The predicted octanol–water partition coefficient (Wildman–Crippen LogP) is 1.82. The zero-order chi connectivity index (χ0) is 21.4. The third-order valence-corrected chi connectivity index (χ3v) is 5.07. The van der Waals surface area contributed by atoms with Crippen LogP contribution in [-0.4, -0.2) is 24.7 Å². The average molecular weight is 422 g/mol. The molecular formula is C20H18N6O3S. The number of fused-ring (bicyclic) bond motifs is 1. The molecule has 2 heterocycles. The lowest BCUT2D eigenvalue weighted by atomic mass is 10.1. The normalized spacial score (nSPS) is 10.9. The fourth-order valence-corrected chi connectivity index (χ4v) is 3.53. The van der Waals surface area contributed by atoms with E-state index in [1.165, 1.54) is 4.68 Å². The summed E-state index contributed by atoms with van der Waals surface area (Å²) in [5.74, 6) is 0. The molecule has 2 aromatic heterocycles. The lowest BCUT2D eigenvalue weighted by Crippen LogP contribution is -2.26. The van der Waals surface area contributed by atoms with Gasteiger partial charge in [0, 0.05) is 7.05 Å². The maximum atomic E-state index is 13.0. The van der Waals surface area contributed by atoms with Crippen molar-refractivity contribution in [1.29, 1.82) is 0 Å². The van der Waals surface area contributed by atoms with Crippen molar-refractivity contribution in [3.63, 3.8) is 0 Å². The molecule has 4 rings (SSSR count). The molecule has 0 aliphatic heterocycles. The number of benzene rings is 2. The Labute approximate surface area is 174 Å². The van der Waals surface area contributed by atoms with Crippen LogP contribution >= 0.6 is 12.2 Å². The van der Waals surface area contributed by atoms with Crippen LogP contribution in [0.2, 0.25) is 0 Å². The molecule has 0 bridgehead atoms. The topological polar surface area (TPSA) is 117 Å². The lowest BCUT2D eigenvalue weighted by Gasteiger charge is -2.11. The molecule has 4 N–H and O–H groups in total. The zero-order valence-corrected chi connectivity index (χ0v) is 17.0. The Bertz CT molecular complexity index is 1450. The molecule has 0 aliphatic rings. The van der Waals surface area contributed by atoms with E-state index in [4.69, 9.17) is 12.2 Å². The Morgan fingerprint density at radius 3 is 2.37 bits per heavy atom. The van der Waals surface area contributed by atoms with Crippen molar-refractivity contribution in [1.82, 2.24) is 19.6 Å². The summed E-state index contributed by atoms with van der Waals surface area (Å²) < 4.78 is 3.26.